The van der Waals surface area contributed by atoms with E-state index in [4.69, 9.17) is 4.98 Å². The Morgan fingerprint density at radius 1 is 1.20 bits per heavy atom. The Morgan fingerprint density at radius 2 is 1.97 bits per heavy atom. The summed E-state index contributed by atoms with van der Waals surface area (Å²) in [6, 6.07) is 7.63. The van der Waals surface area contributed by atoms with Crippen LogP contribution in [0.5, 0.6) is 0 Å². The highest BCUT2D eigenvalue weighted by Gasteiger charge is 2.39. The molecule has 0 spiro atoms. The summed E-state index contributed by atoms with van der Waals surface area (Å²) in [5, 5.41) is 11.3. The molecule has 190 valence electrons. The molecule has 2 saturated heterocycles. The van der Waals surface area contributed by atoms with E-state index in [0.717, 1.165) is 41.0 Å². The molecule has 35 heavy (non-hydrogen) atoms. The predicted molar refractivity (Wildman–Crippen MR) is 135 cm³/mol. The van der Waals surface area contributed by atoms with E-state index in [1.807, 2.05) is 23.1 Å². The monoisotopic (exact) mass is 501 g/mol. The average Bonchev–Trinajstić information content (AvgIpc) is 3.55. The molecule has 1 N–H and O–H groups in total. The highest BCUT2D eigenvalue weighted by atomic mass is 32.1. The number of rotatable bonds is 10. The maximum Gasteiger partial charge on any atom is 0.245 e. The summed E-state index contributed by atoms with van der Waals surface area (Å²) < 4.78 is 1.16. The van der Waals surface area contributed by atoms with E-state index in [-0.39, 0.29) is 18.4 Å². The largest absolute Gasteiger partial charge is 0.345 e. The number of carbonyl (C=O) groups excluding carboxylic acids is 3. The third kappa shape index (κ3) is 5.92. The van der Waals surface area contributed by atoms with E-state index in [0.29, 0.717) is 57.0 Å². The van der Waals surface area contributed by atoms with Crippen molar-refractivity contribution in [2.75, 3.05) is 44.2 Å². The van der Waals surface area contributed by atoms with Crippen molar-refractivity contribution in [1.29, 1.82) is 0 Å². The third-order valence-corrected chi connectivity index (χ3v) is 8.10. The fourth-order valence-corrected chi connectivity index (χ4v) is 6.07. The Kier molecular flexibility index (Phi) is 8.56. The van der Waals surface area contributed by atoms with Gasteiger partial charge in [-0.15, -0.1) is 0 Å². The molecule has 1 aromatic heterocycles. The zero-order valence-corrected chi connectivity index (χ0v) is 21.2. The first-order valence-electron chi connectivity index (χ1n) is 12.6. The molecule has 2 aliphatic rings. The van der Waals surface area contributed by atoms with E-state index in [2.05, 4.69) is 17.9 Å². The number of hydrogen-bond acceptors (Lipinski definition) is 7. The summed E-state index contributed by atoms with van der Waals surface area (Å²) in [5.74, 6) is -0.629. The topological polar surface area (TPSA) is 97.3 Å². The molecule has 1 aromatic carbocycles. The van der Waals surface area contributed by atoms with Crippen molar-refractivity contribution >= 4 is 44.9 Å². The molecule has 2 atom stereocenters. The maximum atomic E-state index is 13.4. The van der Waals surface area contributed by atoms with Gasteiger partial charge in [0.05, 0.1) is 22.7 Å². The van der Waals surface area contributed by atoms with Gasteiger partial charge in [-0.2, -0.15) is 0 Å². The number of nitrogens with zero attached hydrogens (tertiary/aromatic N) is 5. The highest BCUT2D eigenvalue weighted by molar-refractivity contribution is 7.22. The lowest BCUT2D eigenvalue weighted by Crippen LogP contribution is -2.55. The molecule has 4 rings (SSSR count). The molecule has 9 nitrogen and oxygen atoms in total. The molecule has 2 aliphatic heterocycles. The second-order valence-corrected chi connectivity index (χ2v) is 10.4. The van der Waals surface area contributed by atoms with Crippen molar-refractivity contribution < 1.29 is 19.6 Å². The fourth-order valence-electron chi connectivity index (χ4n) is 5.05. The minimum Gasteiger partial charge on any atom is -0.345 e. The Morgan fingerprint density at radius 3 is 2.69 bits per heavy atom. The van der Waals surface area contributed by atoms with Crippen molar-refractivity contribution in [2.45, 2.75) is 51.5 Å². The predicted octanol–water partition coefficient (Wildman–Crippen LogP) is 2.98. The molecule has 0 aliphatic carbocycles. The van der Waals surface area contributed by atoms with Crippen LogP contribution in [0.1, 0.15) is 45.4 Å². The number of likely N-dealkylation sites (tertiary alicyclic amines) is 1. The molecular weight excluding hydrogens is 466 g/mol. The number of amides is 3. The van der Waals surface area contributed by atoms with Crippen molar-refractivity contribution in [3.05, 3.63) is 24.3 Å². The zero-order valence-electron chi connectivity index (χ0n) is 20.3. The standard InChI is InChI=1S/C25H35N5O4S/c1-2-3-4-8-19(17-29(34)18-31)23(32)30-12-7-10-21(30)24(33)27-13-15-28(16-14-27)25-26-20-9-5-6-11-22(20)35-25/h5-6,9,11,18-19,21,34H,2-4,7-8,10,12-17H2,1H3/t19-,21+/m1/s1. The van der Waals surface area contributed by atoms with Crippen molar-refractivity contribution in [3.63, 3.8) is 0 Å². The van der Waals surface area contributed by atoms with E-state index in [1.54, 1.807) is 16.2 Å². The Balaban J connectivity index is 1.37. The van der Waals surface area contributed by atoms with Crippen molar-refractivity contribution in [1.82, 2.24) is 19.8 Å². The molecule has 3 heterocycles. The molecule has 0 unspecified atom stereocenters. The molecule has 2 aromatic rings. The van der Waals surface area contributed by atoms with Crippen LogP contribution in [0.25, 0.3) is 10.2 Å². The van der Waals surface area contributed by atoms with E-state index in [9.17, 15) is 19.6 Å². The van der Waals surface area contributed by atoms with Gasteiger partial charge < -0.3 is 14.7 Å². The SMILES string of the molecule is CCCCC[C@H](CN(O)C=O)C(=O)N1CCC[C@H]1C(=O)N1CCN(c2nc3ccccc3s2)CC1. The highest BCUT2D eigenvalue weighted by Crippen LogP contribution is 2.30. The van der Waals surface area contributed by atoms with Gasteiger partial charge in [0.1, 0.15) is 6.04 Å². The fraction of sp³-hybridized carbons (Fsp3) is 0.600. The number of anilines is 1. The second kappa shape index (κ2) is 11.8. The number of unbranched alkanes of at least 4 members (excludes halogenated alkanes) is 2. The van der Waals surface area contributed by atoms with E-state index >= 15 is 0 Å². The lowest BCUT2D eigenvalue weighted by atomic mass is 9.98. The molecule has 0 bridgehead atoms. The van der Waals surface area contributed by atoms with E-state index < -0.39 is 12.0 Å². The first-order chi connectivity index (χ1) is 17.0. The van der Waals surface area contributed by atoms with Crippen LogP contribution in [0.2, 0.25) is 0 Å². The van der Waals surface area contributed by atoms with Gasteiger partial charge in [-0.3, -0.25) is 19.6 Å². The number of aromatic nitrogens is 1. The van der Waals surface area contributed by atoms with Gasteiger partial charge in [0.25, 0.3) is 0 Å². The van der Waals surface area contributed by atoms with E-state index in [1.165, 1.54) is 0 Å². The van der Waals surface area contributed by atoms with Gasteiger partial charge in [0, 0.05) is 32.7 Å². The lowest BCUT2D eigenvalue weighted by molar-refractivity contribution is -0.158. The minimum absolute atomic E-state index is 0.00310. The minimum atomic E-state index is -0.499. The lowest BCUT2D eigenvalue weighted by Gasteiger charge is -2.37. The number of piperazine rings is 1. The van der Waals surface area contributed by atoms with Gasteiger partial charge in [-0.05, 0) is 31.4 Å². The summed E-state index contributed by atoms with van der Waals surface area (Å²) in [5.41, 5.74) is 0.996. The van der Waals surface area contributed by atoms with Gasteiger partial charge in [-0.25, -0.2) is 10.0 Å². The molecule has 0 saturated carbocycles. The van der Waals surface area contributed by atoms with Gasteiger partial charge >= 0.3 is 0 Å². The number of benzene rings is 1. The van der Waals surface area contributed by atoms with Crippen LogP contribution in [0, 0.1) is 5.92 Å². The van der Waals surface area contributed by atoms with Crippen LogP contribution in [-0.4, -0.2) is 88.6 Å². The second-order valence-electron chi connectivity index (χ2n) is 9.39. The molecule has 10 heteroatoms. The number of thiazole rings is 1. The third-order valence-electron chi connectivity index (χ3n) is 7.00. The van der Waals surface area contributed by atoms with Gasteiger partial charge in [-0.1, -0.05) is 49.7 Å². The van der Waals surface area contributed by atoms with Crippen LogP contribution in [0.4, 0.5) is 5.13 Å². The average molecular weight is 502 g/mol. The normalized spacial score (nSPS) is 19.3. The number of carbonyl (C=O) groups is 3. The van der Waals surface area contributed by atoms with Gasteiger partial charge in [0.15, 0.2) is 5.13 Å². The number of fused-ring (bicyclic) bond motifs is 1. The maximum absolute atomic E-state index is 13.4. The molecule has 0 radical (unpaired) electrons. The van der Waals surface area contributed by atoms with Crippen LogP contribution in [0.3, 0.4) is 0 Å². The van der Waals surface area contributed by atoms with Crippen LogP contribution in [-0.2, 0) is 14.4 Å². The van der Waals surface area contributed by atoms with Gasteiger partial charge in [0.2, 0.25) is 18.2 Å². The number of hydrogen-bond donors (Lipinski definition) is 1. The summed E-state index contributed by atoms with van der Waals surface area (Å²) in [6.45, 7) is 5.22. The Labute approximate surface area is 210 Å². The molecular formula is C25H35N5O4S. The summed E-state index contributed by atoms with van der Waals surface area (Å²) >= 11 is 1.67. The van der Waals surface area contributed by atoms with Crippen molar-refractivity contribution in [2.24, 2.45) is 5.92 Å². The molecule has 3 amide bonds. The summed E-state index contributed by atoms with van der Waals surface area (Å²) in [6.07, 6.45) is 5.21. The summed E-state index contributed by atoms with van der Waals surface area (Å²) in [4.78, 5) is 48.3. The Bertz CT molecular complexity index is 989. The first-order valence-corrected chi connectivity index (χ1v) is 13.4. The smallest absolute Gasteiger partial charge is 0.245 e. The summed E-state index contributed by atoms with van der Waals surface area (Å²) in [7, 11) is 0. The first kappa shape index (κ1) is 25.4. The van der Waals surface area contributed by atoms with Crippen LogP contribution >= 0.6 is 11.3 Å². The quantitative estimate of drug-likeness (QED) is 0.233. The van der Waals surface area contributed by atoms with Crippen LogP contribution in [0.15, 0.2) is 24.3 Å². The Hall–Kier alpha value is -2.72. The zero-order chi connectivity index (χ0) is 24.8. The van der Waals surface area contributed by atoms with Crippen LogP contribution < -0.4 is 4.90 Å². The number of para-hydroxylation sites is 1. The van der Waals surface area contributed by atoms with Crippen molar-refractivity contribution in [3.8, 4) is 0 Å². The number of hydroxylamine groups is 2. The molecule has 2 fully saturated rings.